The smallest absolute Gasteiger partial charge is 0.329 e. The number of methoxy groups -OCH3 is 1. The molecule has 1 heterocycles. The molecule has 2 atom stereocenters. The number of benzene rings is 3. The highest BCUT2D eigenvalue weighted by atomic mass is 32.2. The number of carbonyl (C=O) groups excluding carboxylic acids is 2. The number of nitrogens with zero attached hydrogens (tertiary/aromatic N) is 1. The summed E-state index contributed by atoms with van der Waals surface area (Å²) in [6.07, 6.45) is 5.59. The predicted octanol–water partition coefficient (Wildman–Crippen LogP) is 5.44. The number of anilines is 2. The van der Waals surface area contributed by atoms with E-state index < -0.39 is 23.3 Å². The third-order valence-electron chi connectivity index (χ3n) is 6.40. The first-order valence-electron chi connectivity index (χ1n) is 12.1. The van der Waals surface area contributed by atoms with E-state index >= 15 is 0 Å². The Morgan fingerprint density at radius 3 is 2.21 bits per heavy atom. The first-order chi connectivity index (χ1) is 18.7. The molecular formula is C30H27N2O6S-. The molecule has 2 unspecified atom stereocenters. The number of rotatable bonds is 8. The van der Waals surface area contributed by atoms with Crippen molar-refractivity contribution in [3.8, 4) is 23.5 Å². The van der Waals surface area contributed by atoms with Crippen LogP contribution in [0.2, 0.25) is 0 Å². The molecule has 0 fully saturated rings. The molecule has 0 aliphatic heterocycles. The molecule has 0 bridgehead atoms. The van der Waals surface area contributed by atoms with Crippen LogP contribution in [0, 0.1) is 25.2 Å². The van der Waals surface area contributed by atoms with Crippen LogP contribution >= 0.6 is 0 Å². The second-order valence-electron chi connectivity index (χ2n) is 9.21. The fourth-order valence-electron chi connectivity index (χ4n) is 4.47. The minimum atomic E-state index is -2.69. The Kier molecular flexibility index (Phi) is 8.19. The molecule has 0 saturated heterocycles. The van der Waals surface area contributed by atoms with Crippen molar-refractivity contribution in [1.82, 2.24) is 0 Å². The van der Waals surface area contributed by atoms with Crippen LogP contribution in [-0.4, -0.2) is 33.8 Å². The normalized spacial score (nSPS) is 12.5. The van der Waals surface area contributed by atoms with Gasteiger partial charge in [0.2, 0.25) is 0 Å². The Labute approximate surface area is 229 Å². The van der Waals surface area contributed by atoms with Gasteiger partial charge in [-0.3, -0.25) is 13.3 Å². The molecule has 1 aromatic heterocycles. The van der Waals surface area contributed by atoms with Gasteiger partial charge in [0, 0.05) is 39.2 Å². The van der Waals surface area contributed by atoms with Gasteiger partial charge in [-0.2, -0.15) is 0 Å². The van der Waals surface area contributed by atoms with Crippen molar-refractivity contribution < 1.29 is 27.5 Å². The van der Waals surface area contributed by atoms with Gasteiger partial charge in [0.15, 0.2) is 5.76 Å². The molecule has 1 amide bonds. The van der Waals surface area contributed by atoms with Crippen LogP contribution in [0.5, 0.6) is 0 Å². The van der Waals surface area contributed by atoms with Crippen molar-refractivity contribution >= 4 is 45.5 Å². The molecule has 0 aliphatic carbocycles. The second kappa shape index (κ2) is 11.6. The summed E-state index contributed by atoms with van der Waals surface area (Å²) in [4.78, 5) is 25.2. The summed E-state index contributed by atoms with van der Waals surface area (Å²) in [5, 5.41) is 3.59. The van der Waals surface area contributed by atoms with Crippen LogP contribution in [0.3, 0.4) is 0 Å². The SMILES string of the molecule is C#Cc1cccc2oc(C(=O)Nc3ccc(-c4ccc(N(C(C(=O)OC)C(C)C)S(=O)[O-])cc4)cc3)c(C)c12. The number of carbonyl (C=O) groups is 2. The maximum Gasteiger partial charge on any atom is 0.329 e. The molecule has 200 valence electrons. The minimum absolute atomic E-state index is 0.194. The number of nitrogens with one attached hydrogen (secondary N) is 1. The van der Waals surface area contributed by atoms with Gasteiger partial charge in [0.1, 0.15) is 11.6 Å². The third kappa shape index (κ3) is 5.58. The number of ether oxygens (including phenoxy) is 1. The predicted molar refractivity (Wildman–Crippen MR) is 151 cm³/mol. The van der Waals surface area contributed by atoms with Gasteiger partial charge in [0.05, 0.1) is 7.11 Å². The summed E-state index contributed by atoms with van der Waals surface area (Å²) in [5.41, 5.74) is 4.48. The molecular weight excluding hydrogens is 516 g/mol. The Morgan fingerprint density at radius 2 is 1.67 bits per heavy atom. The van der Waals surface area contributed by atoms with E-state index in [0.717, 1.165) is 20.8 Å². The van der Waals surface area contributed by atoms with Crippen LogP contribution in [-0.2, 0) is 20.8 Å². The Morgan fingerprint density at radius 1 is 1.05 bits per heavy atom. The van der Waals surface area contributed by atoms with Crippen LogP contribution < -0.4 is 9.62 Å². The number of furan rings is 1. The maximum atomic E-state index is 12.9. The molecule has 0 radical (unpaired) electrons. The molecule has 3 aromatic carbocycles. The second-order valence-corrected chi connectivity index (χ2v) is 10.0. The summed E-state index contributed by atoms with van der Waals surface area (Å²) in [5.74, 6) is 1.49. The summed E-state index contributed by atoms with van der Waals surface area (Å²) in [7, 11) is 1.23. The van der Waals surface area contributed by atoms with E-state index in [4.69, 9.17) is 15.6 Å². The highest BCUT2D eigenvalue weighted by Crippen LogP contribution is 2.30. The molecule has 8 nitrogen and oxygen atoms in total. The average Bonchev–Trinajstić information content (AvgIpc) is 3.28. The van der Waals surface area contributed by atoms with Gasteiger partial charge >= 0.3 is 5.97 Å². The van der Waals surface area contributed by atoms with Crippen molar-refractivity contribution in [2.24, 2.45) is 5.92 Å². The fraction of sp³-hybridized carbons (Fsp3) is 0.200. The van der Waals surface area contributed by atoms with Gasteiger partial charge in [-0.05, 0) is 60.4 Å². The van der Waals surface area contributed by atoms with Crippen molar-refractivity contribution in [3.63, 3.8) is 0 Å². The third-order valence-corrected chi connectivity index (χ3v) is 7.16. The largest absolute Gasteiger partial charge is 0.755 e. The topological polar surface area (TPSA) is 112 Å². The monoisotopic (exact) mass is 543 g/mol. The van der Waals surface area contributed by atoms with E-state index in [1.54, 1.807) is 75.4 Å². The van der Waals surface area contributed by atoms with Crippen molar-refractivity contribution in [2.45, 2.75) is 26.8 Å². The van der Waals surface area contributed by atoms with Crippen LogP contribution in [0.1, 0.15) is 35.5 Å². The highest BCUT2D eigenvalue weighted by Gasteiger charge is 2.31. The lowest BCUT2D eigenvalue weighted by Gasteiger charge is -2.35. The van der Waals surface area contributed by atoms with Crippen molar-refractivity contribution in [1.29, 1.82) is 0 Å². The number of hydrogen-bond donors (Lipinski definition) is 1. The van der Waals surface area contributed by atoms with Crippen LogP contribution in [0.15, 0.2) is 71.1 Å². The standard InChI is InChI=1S/C30H28N2O6S/c1-6-20-8-7-9-25-26(20)19(4)28(38-25)29(33)31-23-14-10-21(11-15-23)22-12-16-24(17-13-22)32(39(35)36)27(18(2)3)30(34)37-5/h1,7-18,27H,2-5H3,(H,31,33)(H,35,36)/p-1. The number of amides is 1. The van der Waals surface area contributed by atoms with Gasteiger partial charge < -0.3 is 19.0 Å². The number of esters is 1. The minimum Gasteiger partial charge on any atom is -0.755 e. The summed E-state index contributed by atoms with van der Waals surface area (Å²) in [6, 6.07) is 18.3. The van der Waals surface area contributed by atoms with Gasteiger partial charge in [-0.1, -0.05) is 50.1 Å². The van der Waals surface area contributed by atoms with Crippen molar-refractivity contribution in [2.75, 3.05) is 16.7 Å². The van der Waals surface area contributed by atoms with Crippen LogP contribution in [0.4, 0.5) is 11.4 Å². The quantitative estimate of drug-likeness (QED) is 0.180. The lowest BCUT2D eigenvalue weighted by molar-refractivity contribution is -0.142. The zero-order valence-corrected chi connectivity index (χ0v) is 22.7. The average molecular weight is 544 g/mol. The molecule has 9 heteroatoms. The van der Waals surface area contributed by atoms with Crippen molar-refractivity contribution in [3.05, 3.63) is 83.6 Å². The number of hydrogen-bond acceptors (Lipinski definition) is 6. The molecule has 0 saturated carbocycles. The Balaban J connectivity index is 1.53. The highest BCUT2D eigenvalue weighted by molar-refractivity contribution is 7.80. The van der Waals surface area contributed by atoms with Gasteiger partial charge in [-0.25, -0.2) is 4.79 Å². The molecule has 39 heavy (non-hydrogen) atoms. The fourth-order valence-corrected chi connectivity index (χ4v) is 5.28. The molecule has 0 aliphatic rings. The number of fused-ring (bicyclic) bond motifs is 1. The first-order valence-corrected chi connectivity index (χ1v) is 13.2. The van der Waals surface area contributed by atoms with Gasteiger partial charge in [0.25, 0.3) is 5.91 Å². The number of aryl methyl sites for hydroxylation is 1. The van der Waals surface area contributed by atoms with E-state index in [-0.39, 0.29) is 17.6 Å². The number of terminal acetylenes is 1. The Hall–Kier alpha value is -4.39. The lowest BCUT2D eigenvalue weighted by Crippen LogP contribution is -2.46. The molecule has 1 N–H and O–H groups in total. The summed E-state index contributed by atoms with van der Waals surface area (Å²) >= 11 is -2.69. The lowest BCUT2D eigenvalue weighted by atomic mass is 10.0. The molecule has 4 aromatic rings. The van der Waals surface area contributed by atoms with E-state index in [1.165, 1.54) is 7.11 Å². The summed E-state index contributed by atoms with van der Waals surface area (Å²) < 4.78 is 35.7. The maximum absolute atomic E-state index is 12.9. The van der Waals surface area contributed by atoms with E-state index in [9.17, 15) is 18.4 Å². The van der Waals surface area contributed by atoms with E-state index in [0.29, 0.717) is 28.1 Å². The Bertz CT molecular complexity index is 1580. The van der Waals surface area contributed by atoms with Gasteiger partial charge in [-0.15, -0.1) is 6.42 Å². The molecule has 0 spiro atoms. The van der Waals surface area contributed by atoms with E-state index in [2.05, 4.69) is 11.2 Å². The van der Waals surface area contributed by atoms with Crippen LogP contribution in [0.25, 0.3) is 22.1 Å². The summed E-state index contributed by atoms with van der Waals surface area (Å²) in [6.45, 7) is 5.30. The first kappa shape index (κ1) is 27.6. The van der Waals surface area contributed by atoms with E-state index in [1.807, 2.05) is 12.1 Å². The zero-order valence-electron chi connectivity index (χ0n) is 21.9. The zero-order chi connectivity index (χ0) is 28.3. The molecule has 4 rings (SSSR count).